The summed E-state index contributed by atoms with van der Waals surface area (Å²) in [5.41, 5.74) is 46.0. The highest BCUT2D eigenvalue weighted by Gasteiger charge is 2.42. The van der Waals surface area contributed by atoms with Gasteiger partial charge in [0.1, 0.15) is 11.2 Å². The van der Waals surface area contributed by atoms with Crippen LogP contribution in [0.5, 0.6) is 0 Å². The summed E-state index contributed by atoms with van der Waals surface area (Å²) < 4.78 is 19.3. The molecule has 0 spiro atoms. The third kappa shape index (κ3) is 13.5. The van der Waals surface area contributed by atoms with Gasteiger partial charge in [-0.2, -0.15) is 0 Å². The molecule has 0 bridgehead atoms. The van der Waals surface area contributed by atoms with Gasteiger partial charge in [0.2, 0.25) is 0 Å². The van der Waals surface area contributed by atoms with E-state index >= 15 is 0 Å². The summed E-state index contributed by atoms with van der Waals surface area (Å²) in [4.78, 5) is 0. The Morgan fingerprint density at radius 2 is 0.497 bits per heavy atom. The summed E-state index contributed by atoms with van der Waals surface area (Å²) in [5.74, 6) is 0. The van der Waals surface area contributed by atoms with Crippen molar-refractivity contribution >= 4 is 150 Å². The van der Waals surface area contributed by atoms with Gasteiger partial charge in [-0.15, -0.1) is 22.7 Å². The minimum absolute atomic E-state index is 0.0759. The van der Waals surface area contributed by atoms with E-state index in [9.17, 15) is 0 Å². The Bertz CT molecular complexity index is 10300. The molecule has 0 N–H and O–H groups in total. The first-order valence-electron chi connectivity index (χ1n) is 51.1. The Morgan fingerprint density at radius 1 is 0.184 bits per heavy atom. The number of hydrogen-bond acceptors (Lipinski definition) is 3. The molecular weight excluding hydrogens is 1820 g/mol. The quantitative estimate of drug-likeness (QED) is 0.134. The van der Waals surface area contributed by atoms with E-state index in [2.05, 4.69) is 528 Å². The Morgan fingerprint density at radius 3 is 0.980 bits per heavy atom. The smallest absolute Gasteiger partial charge is 0.143 e. The molecule has 6 heterocycles. The maximum absolute atomic E-state index is 6.55. The van der Waals surface area contributed by atoms with Crippen LogP contribution in [0.15, 0.2) is 484 Å². The van der Waals surface area contributed by atoms with Gasteiger partial charge in [0, 0.05) is 122 Å². The first-order valence-corrected chi connectivity index (χ1v) is 52.8. The summed E-state index contributed by atoms with van der Waals surface area (Å²) in [7, 11) is 0. The molecule has 0 aliphatic heterocycles. The normalized spacial score (nSPS) is 13.4. The number of benzene rings is 22. The molecule has 0 amide bonds. The van der Waals surface area contributed by atoms with Gasteiger partial charge < -0.3 is 18.1 Å². The largest absolute Gasteiger partial charge is 0.455 e. The summed E-state index contributed by atoms with van der Waals surface area (Å²) in [6, 6.07) is 176. The molecular formula is C141H97N3OS2. The van der Waals surface area contributed by atoms with Crippen LogP contribution in [0, 0.1) is 0 Å². The van der Waals surface area contributed by atoms with Crippen molar-refractivity contribution in [1.82, 2.24) is 13.7 Å². The zero-order chi connectivity index (χ0) is 97.8. The zero-order valence-electron chi connectivity index (χ0n) is 82.2. The van der Waals surface area contributed by atoms with Crippen LogP contribution in [0.2, 0.25) is 0 Å². The van der Waals surface area contributed by atoms with Crippen LogP contribution < -0.4 is 0 Å². The van der Waals surface area contributed by atoms with Crippen LogP contribution in [-0.4, -0.2) is 13.7 Å². The average molecular weight is 1910 g/mol. The molecule has 31 rings (SSSR count). The second-order valence-electron chi connectivity index (χ2n) is 41.6. The standard InChI is InChI=1S/C51H35NO.2C45H31NS/c1-51(2)44-26-25-40-39-15-9-10-16-48(39)53-50(40)49(44)41-24-21-37(31-45(41)51)36-23-28-47-43(30-36)42-29-35(22-27-46(42)52(47)38-13-7-4-8-14-38)34-19-17-33(18-20-34)32-11-5-3-6-12-32;1-45(2)38-21-17-30(25-35(38)33-20-24-42-43(44(33)45)34-15-9-10-16-41(34)47-42)31-19-23-40-37(27-31)36-26-29(28-11-5-3-6-12-28)18-22-39(36)46(40)32-13-7-4-8-14-32;1-45(2)38-26-30(17-20-33(38)35-22-24-42-43(44(35)45)36-15-9-10-16-41(36)47-42)31-18-21-34-37-25-29(28-11-5-3-6-12-28)19-23-39(37)46(40(34)27-31)32-13-7-4-8-14-32/h3-31H,1-2H3;2*3-27H,1-2H3. The lowest BCUT2D eigenvalue weighted by atomic mass is 9.80. The Kier molecular flexibility index (Phi) is 19.5. The zero-order valence-corrected chi connectivity index (χ0v) is 83.8. The number of fused-ring (bicyclic) bond motifs is 30. The summed E-state index contributed by atoms with van der Waals surface area (Å²) in [6.07, 6.45) is 0. The monoisotopic (exact) mass is 1910 g/mol. The molecule has 0 saturated carbocycles. The van der Waals surface area contributed by atoms with E-state index in [4.69, 9.17) is 4.42 Å². The van der Waals surface area contributed by atoms with Crippen molar-refractivity contribution in [2.75, 3.05) is 0 Å². The second kappa shape index (κ2) is 33.3. The number of thiophene rings is 2. The maximum Gasteiger partial charge on any atom is 0.143 e. The van der Waals surface area contributed by atoms with E-state index in [0.29, 0.717) is 0 Å². The summed E-state index contributed by atoms with van der Waals surface area (Å²) in [6.45, 7) is 14.3. The minimum atomic E-state index is -0.160. The Labute approximate surface area is 860 Å². The van der Waals surface area contributed by atoms with Crippen LogP contribution >= 0.6 is 22.7 Å². The molecule has 4 nitrogen and oxygen atoms in total. The molecule has 694 valence electrons. The van der Waals surface area contributed by atoms with Gasteiger partial charge in [-0.25, -0.2) is 0 Å². The molecule has 0 atom stereocenters. The fourth-order valence-electron chi connectivity index (χ4n) is 25.3. The molecule has 0 radical (unpaired) electrons. The summed E-state index contributed by atoms with van der Waals surface area (Å²) in [5, 5.41) is 15.5. The number of rotatable bonds is 10. The Balaban J connectivity index is 0.000000104. The van der Waals surface area contributed by atoms with Crippen LogP contribution in [-0.2, 0) is 16.2 Å². The number of furan rings is 1. The SMILES string of the molecule is CC1(C)c2cc(-c3ccc4c(c3)c3cc(-c5ccc(-c6ccccc6)cc5)ccc3n4-c3ccccc3)ccc2-c2c1ccc1c2oc2ccccc21.CC1(C)c2cc(-c3ccc4c5cc(-c6ccccc6)ccc5n(-c5ccccc5)c4c3)ccc2-c2ccc3sc4ccccc4c3c21.CC1(C)c2ccc(-c3ccc4c(c3)c3cc(-c5ccccc5)ccc3n4-c3ccccc3)cc2-c2ccc3sc4ccccc4c3c21. The van der Waals surface area contributed by atoms with Gasteiger partial charge in [-0.1, -0.05) is 369 Å². The van der Waals surface area contributed by atoms with E-state index in [-0.39, 0.29) is 16.2 Å². The molecule has 0 unspecified atom stereocenters. The first-order chi connectivity index (χ1) is 72.1. The minimum Gasteiger partial charge on any atom is -0.455 e. The maximum atomic E-state index is 6.55. The number of nitrogens with zero attached hydrogens (tertiary/aromatic N) is 3. The van der Waals surface area contributed by atoms with Crippen molar-refractivity contribution in [3.63, 3.8) is 0 Å². The topological polar surface area (TPSA) is 27.9 Å². The highest BCUT2D eigenvalue weighted by atomic mass is 32.1. The Hall–Kier alpha value is -17.5. The molecule has 3 aliphatic rings. The lowest BCUT2D eigenvalue weighted by Crippen LogP contribution is -2.15. The van der Waals surface area contributed by atoms with Crippen molar-refractivity contribution in [3.05, 3.63) is 513 Å². The number of aromatic nitrogens is 3. The average Bonchev–Trinajstić information content (AvgIpc) is 1.54. The summed E-state index contributed by atoms with van der Waals surface area (Å²) >= 11 is 3.81. The molecule has 0 fully saturated rings. The molecule has 6 heteroatoms. The molecule has 0 saturated heterocycles. The van der Waals surface area contributed by atoms with E-state index < -0.39 is 0 Å². The van der Waals surface area contributed by atoms with E-state index in [1.807, 2.05) is 28.7 Å². The highest BCUT2D eigenvalue weighted by Crippen LogP contribution is 2.59. The van der Waals surface area contributed by atoms with E-state index in [1.54, 1.807) is 0 Å². The van der Waals surface area contributed by atoms with Crippen LogP contribution in [0.1, 0.15) is 74.9 Å². The molecule has 3 aliphatic carbocycles. The predicted molar refractivity (Wildman–Crippen MR) is 626 cm³/mol. The lowest BCUT2D eigenvalue weighted by Gasteiger charge is -2.23. The number of para-hydroxylation sites is 4. The van der Waals surface area contributed by atoms with Crippen molar-refractivity contribution < 1.29 is 4.42 Å². The van der Waals surface area contributed by atoms with Crippen LogP contribution in [0.3, 0.4) is 0 Å². The van der Waals surface area contributed by atoms with Crippen molar-refractivity contribution in [3.8, 4) is 128 Å². The first kappa shape index (κ1) is 86.2. The van der Waals surface area contributed by atoms with E-state index in [1.165, 1.54) is 273 Å². The molecule has 147 heavy (non-hydrogen) atoms. The predicted octanol–water partition coefficient (Wildman–Crippen LogP) is 39.6. The van der Waals surface area contributed by atoms with Crippen molar-refractivity contribution in [2.45, 2.75) is 57.8 Å². The highest BCUT2D eigenvalue weighted by molar-refractivity contribution is 7.26. The van der Waals surface area contributed by atoms with Crippen molar-refractivity contribution in [1.29, 1.82) is 0 Å². The molecule has 28 aromatic rings. The fourth-order valence-corrected chi connectivity index (χ4v) is 27.5. The van der Waals surface area contributed by atoms with Crippen molar-refractivity contribution in [2.24, 2.45) is 0 Å². The molecule has 22 aromatic carbocycles. The van der Waals surface area contributed by atoms with Gasteiger partial charge in [-0.05, 0) is 291 Å². The third-order valence-corrected chi connectivity index (χ3v) is 34.6. The van der Waals surface area contributed by atoms with Gasteiger partial charge in [0.05, 0.1) is 33.1 Å². The van der Waals surface area contributed by atoms with Gasteiger partial charge in [0.15, 0.2) is 0 Å². The second-order valence-corrected chi connectivity index (χ2v) is 43.8. The fraction of sp³-hybridized carbons (Fsp3) is 0.0638. The van der Waals surface area contributed by atoms with Gasteiger partial charge in [0.25, 0.3) is 0 Å². The van der Waals surface area contributed by atoms with Crippen LogP contribution in [0.4, 0.5) is 0 Å². The van der Waals surface area contributed by atoms with E-state index in [0.717, 1.165) is 16.9 Å². The lowest BCUT2D eigenvalue weighted by molar-refractivity contribution is 0.653. The molecule has 6 aromatic heterocycles. The number of hydrogen-bond donors (Lipinski definition) is 0. The van der Waals surface area contributed by atoms with Crippen LogP contribution in [0.25, 0.3) is 256 Å². The van der Waals surface area contributed by atoms with Gasteiger partial charge >= 0.3 is 0 Å². The van der Waals surface area contributed by atoms with Gasteiger partial charge in [-0.3, -0.25) is 0 Å². The third-order valence-electron chi connectivity index (χ3n) is 32.4.